The second kappa shape index (κ2) is 10.6. The summed E-state index contributed by atoms with van der Waals surface area (Å²) in [6.07, 6.45) is 0.787. The van der Waals surface area contributed by atoms with E-state index in [0.717, 1.165) is 10.4 Å². The number of carbonyl (C=O) groups is 1. The lowest BCUT2D eigenvalue weighted by Crippen LogP contribution is -2.44. The number of thiophene rings is 1. The topological polar surface area (TPSA) is 75.7 Å². The molecule has 36 heavy (non-hydrogen) atoms. The smallest absolute Gasteiger partial charge is 0.321 e. The van der Waals surface area contributed by atoms with E-state index in [1.807, 2.05) is 72.1 Å². The van der Waals surface area contributed by atoms with Gasteiger partial charge in [-0.2, -0.15) is 0 Å². The van der Waals surface area contributed by atoms with Crippen LogP contribution in [0.25, 0.3) is 10.4 Å². The number of rotatable bonds is 6. The predicted molar refractivity (Wildman–Crippen MR) is 144 cm³/mol. The van der Waals surface area contributed by atoms with E-state index in [9.17, 15) is 13.2 Å². The SMILES string of the molecule is O=C(Nc1ccccc1Oc1ccccc1)N1CCC(S(=O)(=O)c2ccc(-c3cccs3)cc2)CC1. The van der Waals surface area contributed by atoms with E-state index >= 15 is 0 Å². The molecular weight excluding hydrogens is 492 g/mol. The standard InChI is InChI=1S/C28H26N2O4S2/c31-28(29-25-9-4-5-10-26(25)34-22-7-2-1-3-8-22)30-18-16-24(17-19-30)36(32,33)23-14-12-21(13-15-23)27-11-6-20-35-27/h1-15,20,24H,16-19H2,(H,29,31). The zero-order valence-electron chi connectivity index (χ0n) is 19.5. The van der Waals surface area contributed by atoms with Crippen molar-refractivity contribution in [1.29, 1.82) is 0 Å². The molecule has 8 heteroatoms. The van der Waals surface area contributed by atoms with Gasteiger partial charge in [-0.05, 0) is 66.2 Å². The Morgan fingerprint density at radius 2 is 1.56 bits per heavy atom. The summed E-state index contributed by atoms with van der Waals surface area (Å²) < 4.78 is 32.4. The Bertz CT molecular complexity index is 1410. The number of carbonyl (C=O) groups excluding carboxylic acids is 1. The molecule has 1 aliphatic heterocycles. The molecule has 0 spiro atoms. The minimum atomic E-state index is -3.47. The van der Waals surface area contributed by atoms with Gasteiger partial charge in [0.25, 0.3) is 0 Å². The first-order chi connectivity index (χ1) is 17.5. The maximum Gasteiger partial charge on any atom is 0.321 e. The number of amides is 2. The van der Waals surface area contributed by atoms with Crippen molar-refractivity contribution in [2.45, 2.75) is 23.0 Å². The van der Waals surface area contributed by atoms with Crippen molar-refractivity contribution in [2.24, 2.45) is 0 Å². The first-order valence-corrected chi connectivity index (χ1v) is 14.2. The average Bonchev–Trinajstić information content (AvgIpc) is 3.46. The van der Waals surface area contributed by atoms with E-state index in [4.69, 9.17) is 4.74 Å². The summed E-state index contributed by atoms with van der Waals surface area (Å²) in [5, 5.41) is 4.41. The molecule has 4 aromatic rings. The Balaban J connectivity index is 1.21. The van der Waals surface area contributed by atoms with Gasteiger partial charge < -0.3 is 15.0 Å². The Morgan fingerprint density at radius 3 is 2.25 bits per heavy atom. The van der Waals surface area contributed by atoms with Crippen LogP contribution in [0.15, 0.2) is 101 Å². The number of ether oxygens (including phenoxy) is 1. The second-order valence-electron chi connectivity index (χ2n) is 8.57. The summed E-state index contributed by atoms with van der Waals surface area (Å²) in [6.45, 7) is 0.732. The lowest BCUT2D eigenvalue weighted by atomic mass is 10.1. The maximum atomic E-state index is 13.2. The Hall–Kier alpha value is -3.62. The van der Waals surface area contributed by atoms with Crippen LogP contribution < -0.4 is 10.1 Å². The predicted octanol–water partition coefficient (Wildman–Crippen LogP) is 6.68. The molecule has 0 atom stereocenters. The van der Waals surface area contributed by atoms with Crippen molar-refractivity contribution in [3.63, 3.8) is 0 Å². The molecule has 0 aliphatic carbocycles. The molecule has 1 N–H and O–H groups in total. The largest absolute Gasteiger partial charge is 0.455 e. The summed E-state index contributed by atoms with van der Waals surface area (Å²) in [7, 11) is -3.47. The van der Waals surface area contributed by atoms with Gasteiger partial charge in [0.15, 0.2) is 15.6 Å². The van der Waals surface area contributed by atoms with Gasteiger partial charge in [0.2, 0.25) is 0 Å². The normalized spacial score (nSPS) is 14.4. The summed E-state index contributed by atoms with van der Waals surface area (Å²) in [6, 6.07) is 27.4. The highest BCUT2D eigenvalue weighted by molar-refractivity contribution is 7.92. The van der Waals surface area contributed by atoms with Crippen LogP contribution in [0.2, 0.25) is 0 Å². The number of likely N-dealkylation sites (tertiary alicyclic amines) is 1. The van der Waals surface area contributed by atoms with Gasteiger partial charge in [-0.1, -0.05) is 48.5 Å². The monoisotopic (exact) mass is 518 g/mol. The highest BCUT2D eigenvalue weighted by Gasteiger charge is 2.33. The van der Waals surface area contributed by atoms with Crippen molar-refractivity contribution in [1.82, 2.24) is 4.90 Å². The fourth-order valence-electron chi connectivity index (χ4n) is 4.28. The van der Waals surface area contributed by atoms with Crippen molar-refractivity contribution in [3.05, 3.63) is 96.4 Å². The molecule has 0 unspecified atom stereocenters. The number of nitrogens with one attached hydrogen (secondary N) is 1. The average molecular weight is 519 g/mol. The molecule has 184 valence electrons. The fourth-order valence-corrected chi connectivity index (χ4v) is 6.75. The van der Waals surface area contributed by atoms with Crippen LogP contribution in [-0.4, -0.2) is 37.7 Å². The van der Waals surface area contributed by atoms with E-state index in [2.05, 4.69) is 5.32 Å². The third-order valence-electron chi connectivity index (χ3n) is 6.26. The van der Waals surface area contributed by atoms with Crippen LogP contribution in [0.4, 0.5) is 10.5 Å². The van der Waals surface area contributed by atoms with Gasteiger partial charge >= 0.3 is 6.03 Å². The first-order valence-electron chi connectivity index (χ1n) is 11.8. The van der Waals surface area contributed by atoms with Crippen molar-refractivity contribution >= 4 is 32.9 Å². The molecular formula is C28H26N2O4S2. The van der Waals surface area contributed by atoms with Gasteiger partial charge in [-0.3, -0.25) is 0 Å². The van der Waals surface area contributed by atoms with E-state index in [1.165, 1.54) is 0 Å². The summed E-state index contributed by atoms with van der Waals surface area (Å²) in [5.41, 5.74) is 1.57. The lowest BCUT2D eigenvalue weighted by Gasteiger charge is -2.32. The molecule has 2 heterocycles. The number of urea groups is 1. The van der Waals surface area contributed by atoms with Crippen LogP contribution in [-0.2, 0) is 9.84 Å². The van der Waals surface area contributed by atoms with Gasteiger partial charge in [-0.25, -0.2) is 13.2 Å². The zero-order valence-corrected chi connectivity index (χ0v) is 21.2. The Labute approximate surface area is 215 Å². The number of hydrogen-bond acceptors (Lipinski definition) is 5. The maximum absolute atomic E-state index is 13.2. The van der Waals surface area contributed by atoms with E-state index in [1.54, 1.807) is 40.5 Å². The van der Waals surface area contributed by atoms with Crippen LogP contribution in [0.1, 0.15) is 12.8 Å². The molecule has 1 aromatic heterocycles. The van der Waals surface area contributed by atoms with E-state index in [0.29, 0.717) is 48.0 Å². The molecule has 0 bridgehead atoms. The molecule has 1 aliphatic rings. The molecule has 6 nitrogen and oxygen atoms in total. The molecule has 1 fully saturated rings. The molecule has 0 radical (unpaired) electrons. The number of nitrogens with zero attached hydrogens (tertiary/aromatic N) is 1. The second-order valence-corrected chi connectivity index (χ2v) is 11.8. The van der Waals surface area contributed by atoms with Crippen LogP contribution in [0, 0.1) is 0 Å². The number of anilines is 1. The zero-order chi connectivity index (χ0) is 25.0. The number of sulfone groups is 1. The third kappa shape index (κ3) is 5.29. The van der Waals surface area contributed by atoms with Gasteiger partial charge in [0.05, 0.1) is 15.8 Å². The van der Waals surface area contributed by atoms with Gasteiger partial charge in [0, 0.05) is 18.0 Å². The van der Waals surface area contributed by atoms with Crippen LogP contribution in [0.3, 0.4) is 0 Å². The van der Waals surface area contributed by atoms with Crippen molar-refractivity contribution < 1.29 is 17.9 Å². The number of benzene rings is 3. The molecule has 0 saturated carbocycles. The fraction of sp³-hybridized carbons (Fsp3) is 0.179. The number of hydrogen-bond donors (Lipinski definition) is 1. The first kappa shape index (κ1) is 24.1. The summed E-state index contributed by atoms with van der Waals surface area (Å²) >= 11 is 1.62. The van der Waals surface area contributed by atoms with Crippen LogP contribution >= 0.6 is 11.3 Å². The molecule has 5 rings (SSSR count). The molecule has 1 saturated heterocycles. The highest BCUT2D eigenvalue weighted by Crippen LogP contribution is 2.31. The number of para-hydroxylation sites is 3. The number of piperidine rings is 1. The summed E-state index contributed by atoms with van der Waals surface area (Å²) in [4.78, 5) is 16.1. The lowest BCUT2D eigenvalue weighted by molar-refractivity contribution is 0.200. The van der Waals surface area contributed by atoms with E-state index < -0.39 is 15.1 Å². The minimum Gasteiger partial charge on any atom is -0.455 e. The quantitative estimate of drug-likeness (QED) is 0.309. The highest BCUT2D eigenvalue weighted by atomic mass is 32.2. The van der Waals surface area contributed by atoms with Crippen molar-refractivity contribution in [3.8, 4) is 21.9 Å². The van der Waals surface area contributed by atoms with E-state index in [-0.39, 0.29) is 6.03 Å². The van der Waals surface area contributed by atoms with Crippen molar-refractivity contribution in [2.75, 3.05) is 18.4 Å². The van der Waals surface area contributed by atoms with Gasteiger partial charge in [-0.15, -0.1) is 11.3 Å². The Kier molecular flexibility index (Phi) is 7.06. The Morgan fingerprint density at radius 1 is 0.861 bits per heavy atom. The summed E-state index contributed by atoms with van der Waals surface area (Å²) in [5.74, 6) is 1.22. The van der Waals surface area contributed by atoms with Crippen LogP contribution in [0.5, 0.6) is 11.5 Å². The molecule has 2 amide bonds. The minimum absolute atomic E-state index is 0.268. The molecule has 3 aromatic carbocycles. The van der Waals surface area contributed by atoms with Gasteiger partial charge in [0.1, 0.15) is 5.75 Å². The third-order valence-corrected chi connectivity index (χ3v) is 9.45.